The number of benzene rings is 2. The number of carbonyl (C=O) groups excluding carboxylic acids is 1. The SMILES string of the molecule is O=C(/C=C/c1ccc(Cl)cc1Cl)NC(=S)Nc1c(Cl)ccc2nsnc12. The largest absolute Gasteiger partial charge is 0.329 e. The number of hydrogen-bond acceptors (Lipinski definition) is 5. The lowest BCUT2D eigenvalue weighted by Gasteiger charge is -2.10. The van der Waals surface area contributed by atoms with Crippen molar-refractivity contribution in [3.8, 4) is 0 Å². The van der Waals surface area contributed by atoms with E-state index in [1.807, 2.05) is 0 Å². The van der Waals surface area contributed by atoms with Crippen LogP contribution < -0.4 is 10.6 Å². The van der Waals surface area contributed by atoms with Crippen LogP contribution in [-0.2, 0) is 4.79 Å². The van der Waals surface area contributed by atoms with Crippen molar-refractivity contribution >= 4 is 92.6 Å². The number of fused-ring (bicyclic) bond motifs is 1. The molecule has 2 N–H and O–H groups in total. The first-order chi connectivity index (χ1) is 12.4. The van der Waals surface area contributed by atoms with Crippen LogP contribution in [-0.4, -0.2) is 19.8 Å². The standard InChI is InChI=1S/C16H9Cl3N4OS2/c17-9-3-1-8(11(19)7-9)2-6-13(24)20-16(25)21-14-10(18)4-5-12-15(14)23-26-22-12/h1-7H,(H2,20,21,24,25)/b6-2+. The summed E-state index contributed by atoms with van der Waals surface area (Å²) in [5, 5.41) is 6.89. The normalized spacial score (nSPS) is 11.0. The van der Waals surface area contributed by atoms with E-state index >= 15 is 0 Å². The maximum Gasteiger partial charge on any atom is 0.250 e. The van der Waals surface area contributed by atoms with Gasteiger partial charge in [0.05, 0.1) is 22.4 Å². The quantitative estimate of drug-likeness (QED) is 0.431. The smallest absolute Gasteiger partial charge is 0.250 e. The van der Waals surface area contributed by atoms with Crippen LogP contribution >= 0.6 is 58.7 Å². The number of aromatic nitrogens is 2. The van der Waals surface area contributed by atoms with Gasteiger partial charge in [0.1, 0.15) is 11.0 Å². The van der Waals surface area contributed by atoms with Gasteiger partial charge in [-0.05, 0) is 48.1 Å². The molecular weight excluding hydrogens is 435 g/mol. The Morgan fingerprint density at radius 2 is 1.92 bits per heavy atom. The van der Waals surface area contributed by atoms with Crippen LogP contribution in [0.3, 0.4) is 0 Å². The molecule has 1 aromatic heterocycles. The highest BCUT2D eigenvalue weighted by Crippen LogP contribution is 2.29. The molecule has 26 heavy (non-hydrogen) atoms. The van der Waals surface area contributed by atoms with Gasteiger partial charge >= 0.3 is 0 Å². The van der Waals surface area contributed by atoms with Gasteiger partial charge in [0.15, 0.2) is 5.11 Å². The van der Waals surface area contributed by atoms with Gasteiger partial charge in [-0.25, -0.2) is 0 Å². The average Bonchev–Trinajstić information content (AvgIpc) is 3.05. The third kappa shape index (κ3) is 4.49. The predicted molar refractivity (Wildman–Crippen MR) is 112 cm³/mol. The molecule has 0 aliphatic heterocycles. The Morgan fingerprint density at radius 3 is 2.69 bits per heavy atom. The molecule has 132 valence electrons. The summed E-state index contributed by atoms with van der Waals surface area (Å²) in [7, 11) is 0. The van der Waals surface area contributed by atoms with Gasteiger partial charge in [-0.2, -0.15) is 8.75 Å². The van der Waals surface area contributed by atoms with E-state index in [1.165, 1.54) is 6.08 Å². The van der Waals surface area contributed by atoms with E-state index in [9.17, 15) is 4.79 Å². The van der Waals surface area contributed by atoms with Crippen LogP contribution in [0.15, 0.2) is 36.4 Å². The second-order valence-electron chi connectivity index (χ2n) is 5.00. The van der Waals surface area contributed by atoms with Gasteiger partial charge in [0.25, 0.3) is 0 Å². The van der Waals surface area contributed by atoms with Crippen LogP contribution in [0.1, 0.15) is 5.56 Å². The summed E-state index contributed by atoms with van der Waals surface area (Å²) >= 11 is 24.3. The number of halogens is 3. The number of nitrogens with one attached hydrogen (secondary N) is 2. The molecule has 0 spiro atoms. The molecule has 0 aliphatic carbocycles. The first-order valence-electron chi connectivity index (χ1n) is 7.10. The summed E-state index contributed by atoms with van der Waals surface area (Å²) in [5.41, 5.74) is 2.43. The van der Waals surface area contributed by atoms with E-state index in [4.69, 9.17) is 47.0 Å². The fourth-order valence-electron chi connectivity index (χ4n) is 2.05. The summed E-state index contributed by atoms with van der Waals surface area (Å²) in [4.78, 5) is 12.0. The topological polar surface area (TPSA) is 66.9 Å². The summed E-state index contributed by atoms with van der Waals surface area (Å²) in [6.07, 6.45) is 2.88. The van der Waals surface area contributed by atoms with Crippen molar-refractivity contribution in [2.24, 2.45) is 0 Å². The first kappa shape index (κ1) is 19.0. The zero-order valence-electron chi connectivity index (χ0n) is 12.8. The van der Waals surface area contributed by atoms with E-state index in [2.05, 4.69) is 19.4 Å². The van der Waals surface area contributed by atoms with Gasteiger partial charge in [0, 0.05) is 16.1 Å². The minimum atomic E-state index is -0.423. The molecule has 1 heterocycles. The van der Waals surface area contributed by atoms with Gasteiger partial charge in [-0.15, -0.1) is 0 Å². The van der Waals surface area contributed by atoms with Gasteiger partial charge in [-0.3, -0.25) is 10.1 Å². The van der Waals surface area contributed by atoms with Crippen molar-refractivity contribution < 1.29 is 4.79 Å². The minimum Gasteiger partial charge on any atom is -0.329 e. The van der Waals surface area contributed by atoms with E-state index in [0.717, 1.165) is 11.7 Å². The fourth-order valence-corrected chi connectivity index (χ4v) is 3.46. The number of rotatable bonds is 3. The lowest BCUT2D eigenvalue weighted by atomic mass is 10.2. The summed E-state index contributed by atoms with van der Waals surface area (Å²) in [6.45, 7) is 0. The van der Waals surface area contributed by atoms with Crippen molar-refractivity contribution in [1.82, 2.24) is 14.1 Å². The van der Waals surface area contributed by atoms with Crippen LogP contribution in [0, 0.1) is 0 Å². The monoisotopic (exact) mass is 442 g/mol. The number of thiocarbonyl (C=S) groups is 1. The number of nitrogens with zero attached hydrogens (tertiary/aromatic N) is 2. The zero-order valence-corrected chi connectivity index (χ0v) is 16.7. The molecule has 5 nitrogen and oxygen atoms in total. The molecule has 0 fully saturated rings. The highest BCUT2D eigenvalue weighted by atomic mass is 35.5. The maximum atomic E-state index is 12.0. The summed E-state index contributed by atoms with van der Waals surface area (Å²) in [6, 6.07) is 8.42. The molecule has 0 aliphatic rings. The van der Waals surface area contributed by atoms with Gasteiger partial charge in [-0.1, -0.05) is 40.9 Å². The average molecular weight is 444 g/mol. The first-order valence-corrected chi connectivity index (χ1v) is 9.37. The van der Waals surface area contributed by atoms with Crippen LogP contribution in [0.2, 0.25) is 15.1 Å². The Balaban J connectivity index is 1.67. The van der Waals surface area contributed by atoms with E-state index < -0.39 is 5.91 Å². The Labute approximate surface area is 173 Å². The van der Waals surface area contributed by atoms with Crippen molar-refractivity contribution in [3.63, 3.8) is 0 Å². The Morgan fingerprint density at radius 1 is 1.12 bits per heavy atom. The molecule has 3 rings (SSSR count). The van der Waals surface area contributed by atoms with Crippen molar-refractivity contribution in [1.29, 1.82) is 0 Å². The molecule has 0 saturated carbocycles. The molecule has 0 radical (unpaired) electrons. The number of anilines is 1. The number of amides is 1. The Kier molecular flexibility index (Phi) is 6.05. The maximum absolute atomic E-state index is 12.0. The number of carbonyl (C=O) groups is 1. The molecule has 10 heteroatoms. The second-order valence-corrected chi connectivity index (χ2v) is 7.18. The third-order valence-electron chi connectivity index (χ3n) is 3.23. The second kappa shape index (κ2) is 8.28. The molecule has 1 amide bonds. The summed E-state index contributed by atoms with van der Waals surface area (Å²) in [5.74, 6) is -0.423. The highest BCUT2D eigenvalue weighted by molar-refractivity contribution is 7.80. The molecule has 0 bridgehead atoms. The Hall–Kier alpha value is -1.77. The van der Waals surface area contributed by atoms with Crippen LogP contribution in [0.4, 0.5) is 5.69 Å². The zero-order chi connectivity index (χ0) is 18.7. The highest BCUT2D eigenvalue weighted by Gasteiger charge is 2.12. The van der Waals surface area contributed by atoms with Crippen LogP contribution in [0.25, 0.3) is 17.1 Å². The molecule has 0 saturated heterocycles. The van der Waals surface area contributed by atoms with Crippen molar-refractivity contribution in [2.75, 3.05) is 5.32 Å². The Bertz CT molecular complexity index is 1040. The lowest BCUT2D eigenvalue weighted by molar-refractivity contribution is -0.115. The van der Waals surface area contributed by atoms with Crippen LogP contribution in [0.5, 0.6) is 0 Å². The molecule has 0 atom stereocenters. The minimum absolute atomic E-state index is 0.0873. The van der Waals surface area contributed by atoms with E-state index in [1.54, 1.807) is 36.4 Å². The van der Waals surface area contributed by atoms with Gasteiger partial charge in [0.2, 0.25) is 5.91 Å². The van der Waals surface area contributed by atoms with Crippen molar-refractivity contribution in [3.05, 3.63) is 57.0 Å². The summed E-state index contributed by atoms with van der Waals surface area (Å²) < 4.78 is 8.31. The lowest BCUT2D eigenvalue weighted by Crippen LogP contribution is -2.33. The number of hydrogen-bond donors (Lipinski definition) is 2. The molecular formula is C16H9Cl3N4OS2. The third-order valence-corrected chi connectivity index (χ3v) is 4.85. The molecule has 3 aromatic rings. The molecule has 2 aromatic carbocycles. The van der Waals surface area contributed by atoms with Crippen molar-refractivity contribution in [2.45, 2.75) is 0 Å². The molecule has 0 unspecified atom stereocenters. The van der Waals surface area contributed by atoms with E-state index in [0.29, 0.717) is 37.4 Å². The van der Waals surface area contributed by atoms with Gasteiger partial charge < -0.3 is 5.32 Å². The van der Waals surface area contributed by atoms with E-state index in [-0.39, 0.29) is 5.11 Å². The fraction of sp³-hybridized carbons (Fsp3) is 0. The predicted octanol–water partition coefficient (Wildman–Crippen LogP) is 5.18.